The van der Waals surface area contributed by atoms with E-state index in [1.165, 1.54) is 37.8 Å². The van der Waals surface area contributed by atoms with E-state index in [-0.39, 0.29) is 0 Å². The fraction of sp³-hybridized carbons (Fsp3) is 0.242. The molecule has 0 unspecified atom stereocenters. The van der Waals surface area contributed by atoms with Gasteiger partial charge in [0.05, 0.1) is 11.4 Å². The third-order valence-electron chi connectivity index (χ3n) is 7.31. The van der Waals surface area contributed by atoms with Crippen LogP contribution in [0.5, 0.6) is 0 Å². The average Bonchev–Trinajstić information content (AvgIpc) is 3.47. The van der Waals surface area contributed by atoms with Crippen LogP contribution in [0.25, 0.3) is 33.7 Å². The number of hydrogen-bond acceptors (Lipinski definition) is 6. The molecule has 5 aromatic rings. The van der Waals surface area contributed by atoms with Gasteiger partial charge in [-0.1, -0.05) is 87.2 Å². The third-order valence-corrected chi connectivity index (χ3v) is 8.40. The highest BCUT2D eigenvalue weighted by molar-refractivity contribution is 7.99. The molecule has 0 bridgehead atoms. The van der Waals surface area contributed by atoms with Crippen LogP contribution in [-0.4, -0.2) is 23.0 Å². The summed E-state index contributed by atoms with van der Waals surface area (Å²) in [5.74, 6) is 1.01. The van der Waals surface area contributed by atoms with Gasteiger partial charge in [-0.25, -0.2) is 0 Å². The van der Waals surface area contributed by atoms with E-state index in [2.05, 4.69) is 64.5 Å². The number of rotatable bonds is 10. The van der Waals surface area contributed by atoms with E-state index in [4.69, 9.17) is 4.42 Å². The predicted octanol–water partition coefficient (Wildman–Crippen LogP) is 9.33. The molecule has 1 aliphatic rings. The van der Waals surface area contributed by atoms with Gasteiger partial charge in [0.25, 0.3) is 0 Å². The summed E-state index contributed by atoms with van der Waals surface area (Å²) in [5, 5.41) is 11.0. The second-order valence-corrected chi connectivity index (χ2v) is 11.1. The summed E-state index contributed by atoms with van der Waals surface area (Å²) in [6.07, 6.45) is 8.40. The van der Waals surface area contributed by atoms with Crippen LogP contribution in [0.4, 0.5) is 11.4 Å². The van der Waals surface area contributed by atoms with Crippen LogP contribution >= 0.6 is 11.8 Å². The van der Waals surface area contributed by atoms with Crippen molar-refractivity contribution in [3.8, 4) is 22.9 Å². The summed E-state index contributed by atoms with van der Waals surface area (Å²) in [5.41, 5.74) is 4.85. The van der Waals surface area contributed by atoms with Gasteiger partial charge >= 0.3 is 0 Å². The maximum absolute atomic E-state index is 11.5. The lowest BCUT2D eigenvalue weighted by Gasteiger charge is -2.33. The second kappa shape index (κ2) is 11.5. The van der Waals surface area contributed by atoms with Gasteiger partial charge in [0.1, 0.15) is 6.29 Å². The van der Waals surface area contributed by atoms with Crippen molar-refractivity contribution in [2.24, 2.45) is 0 Å². The van der Waals surface area contributed by atoms with Crippen molar-refractivity contribution < 1.29 is 9.21 Å². The van der Waals surface area contributed by atoms with Crippen LogP contribution in [-0.2, 0) is 0 Å². The van der Waals surface area contributed by atoms with E-state index >= 15 is 0 Å². The van der Waals surface area contributed by atoms with Gasteiger partial charge in [-0.05, 0) is 59.7 Å². The molecular weight excluding hydrogens is 502 g/mol. The molecule has 4 aromatic carbocycles. The normalized spacial score (nSPS) is 12.4. The lowest BCUT2D eigenvalue weighted by atomic mass is 10.0. The van der Waals surface area contributed by atoms with E-state index in [1.807, 2.05) is 36.4 Å². The smallest absolute Gasteiger partial charge is 0.248 e. The van der Waals surface area contributed by atoms with Gasteiger partial charge in [-0.2, -0.15) is 0 Å². The van der Waals surface area contributed by atoms with E-state index in [9.17, 15) is 4.79 Å². The summed E-state index contributed by atoms with van der Waals surface area (Å²) in [4.78, 5) is 16.1. The molecule has 39 heavy (non-hydrogen) atoms. The van der Waals surface area contributed by atoms with E-state index in [0.717, 1.165) is 56.6 Å². The molecule has 0 spiro atoms. The minimum Gasteiger partial charge on any atom is -0.416 e. The molecule has 196 valence electrons. The Bertz CT molecular complexity index is 1620. The molecule has 0 saturated carbocycles. The highest BCUT2D eigenvalue weighted by Crippen LogP contribution is 2.49. The molecule has 1 aliphatic heterocycles. The Kier molecular flexibility index (Phi) is 7.46. The molecule has 0 fully saturated rings. The van der Waals surface area contributed by atoms with Crippen LogP contribution in [0.3, 0.4) is 0 Å². The van der Waals surface area contributed by atoms with Gasteiger partial charge in [0.15, 0.2) is 0 Å². The topological polar surface area (TPSA) is 59.2 Å². The zero-order valence-corrected chi connectivity index (χ0v) is 22.9. The number of aldehydes is 1. The number of aromatic nitrogens is 2. The standard InChI is InChI=1S/C33H31N3O2S/c1-2-3-4-5-6-9-19-36-28-17-15-23(22-37)20-30(28)39-31-21-25(16-18-29(31)36)32-34-35-33(38-32)27-14-10-12-24-11-7-8-13-26(24)27/h7-8,10-18,20-22H,2-6,9,19H2,1H3. The number of carbonyl (C=O) groups excluding carboxylic acids is 1. The first-order valence-corrected chi connectivity index (χ1v) is 14.6. The van der Waals surface area contributed by atoms with Crippen molar-refractivity contribution >= 4 is 40.2 Å². The number of benzene rings is 4. The van der Waals surface area contributed by atoms with Gasteiger partial charge in [-0.3, -0.25) is 4.79 Å². The quantitative estimate of drug-likeness (QED) is 0.132. The SMILES string of the molecule is CCCCCCCCN1c2ccc(C=O)cc2Sc2cc(-c3nnc(-c4cccc5ccccc45)o3)ccc21. The summed E-state index contributed by atoms with van der Waals surface area (Å²) < 4.78 is 6.21. The molecule has 6 heteroatoms. The van der Waals surface area contributed by atoms with Crippen molar-refractivity contribution in [3.63, 3.8) is 0 Å². The Hall–Kier alpha value is -3.90. The Morgan fingerprint density at radius 1 is 0.795 bits per heavy atom. The summed E-state index contributed by atoms with van der Waals surface area (Å²) in [6, 6.07) is 26.7. The molecule has 0 amide bonds. The monoisotopic (exact) mass is 533 g/mol. The number of fused-ring (bicyclic) bond motifs is 3. The lowest BCUT2D eigenvalue weighted by Crippen LogP contribution is -2.22. The predicted molar refractivity (Wildman–Crippen MR) is 159 cm³/mol. The number of carbonyl (C=O) groups is 1. The molecular formula is C33H31N3O2S. The summed E-state index contributed by atoms with van der Waals surface area (Å²) in [6.45, 7) is 3.19. The number of unbranched alkanes of at least 4 members (excludes halogenated alkanes) is 5. The molecule has 1 aromatic heterocycles. The molecule has 6 rings (SSSR count). The first kappa shape index (κ1) is 25.4. The van der Waals surface area contributed by atoms with Crippen molar-refractivity contribution in [2.75, 3.05) is 11.4 Å². The van der Waals surface area contributed by atoms with Gasteiger partial charge in [0.2, 0.25) is 11.8 Å². The first-order valence-electron chi connectivity index (χ1n) is 13.8. The van der Waals surface area contributed by atoms with Crippen LogP contribution in [0.15, 0.2) is 93.1 Å². The van der Waals surface area contributed by atoms with E-state index in [1.54, 1.807) is 11.8 Å². The summed E-state index contributed by atoms with van der Waals surface area (Å²) in [7, 11) is 0. The van der Waals surface area contributed by atoms with Gasteiger partial charge < -0.3 is 9.32 Å². The Balaban J connectivity index is 1.30. The minimum absolute atomic E-state index is 0.497. The number of anilines is 2. The second-order valence-electron chi connectivity index (χ2n) is 9.99. The van der Waals surface area contributed by atoms with E-state index < -0.39 is 0 Å². The molecule has 0 N–H and O–H groups in total. The van der Waals surface area contributed by atoms with Crippen LogP contribution in [0, 0.1) is 0 Å². The first-order chi connectivity index (χ1) is 19.2. The van der Waals surface area contributed by atoms with E-state index in [0.29, 0.717) is 17.3 Å². The van der Waals surface area contributed by atoms with Crippen molar-refractivity contribution in [3.05, 3.63) is 84.4 Å². The molecule has 0 atom stereocenters. The maximum atomic E-state index is 11.5. The van der Waals surface area contributed by atoms with Crippen LogP contribution < -0.4 is 4.90 Å². The third kappa shape index (κ3) is 5.21. The fourth-order valence-electron chi connectivity index (χ4n) is 5.26. The van der Waals surface area contributed by atoms with Crippen molar-refractivity contribution in [1.29, 1.82) is 0 Å². The zero-order valence-electron chi connectivity index (χ0n) is 22.1. The largest absolute Gasteiger partial charge is 0.416 e. The van der Waals surface area contributed by atoms with Gasteiger partial charge in [-0.15, -0.1) is 10.2 Å². The van der Waals surface area contributed by atoms with Crippen molar-refractivity contribution in [2.45, 2.75) is 55.2 Å². The molecule has 0 saturated heterocycles. The highest BCUT2D eigenvalue weighted by atomic mass is 32.2. The van der Waals surface area contributed by atoms with Crippen molar-refractivity contribution in [1.82, 2.24) is 10.2 Å². The minimum atomic E-state index is 0.497. The summed E-state index contributed by atoms with van der Waals surface area (Å²) >= 11 is 1.69. The highest BCUT2D eigenvalue weighted by Gasteiger charge is 2.25. The van der Waals surface area contributed by atoms with Gasteiger partial charge in [0, 0.05) is 33.0 Å². The molecule has 2 heterocycles. The number of nitrogens with zero attached hydrogens (tertiary/aromatic N) is 3. The Labute approximate surface area is 233 Å². The molecule has 0 aliphatic carbocycles. The maximum Gasteiger partial charge on any atom is 0.248 e. The fourth-order valence-corrected chi connectivity index (χ4v) is 6.44. The van der Waals surface area contributed by atoms with Crippen LogP contribution in [0.1, 0.15) is 55.8 Å². The molecule has 0 radical (unpaired) electrons. The lowest BCUT2D eigenvalue weighted by molar-refractivity contribution is 0.112. The number of hydrogen-bond donors (Lipinski definition) is 0. The Morgan fingerprint density at radius 2 is 1.54 bits per heavy atom. The average molecular weight is 534 g/mol. The van der Waals surface area contributed by atoms with Crippen LogP contribution in [0.2, 0.25) is 0 Å². The molecule has 5 nitrogen and oxygen atoms in total. The zero-order chi connectivity index (χ0) is 26.6. The Morgan fingerprint density at radius 3 is 2.41 bits per heavy atom.